The quantitative estimate of drug-likeness (QED) is 0.651. The zero-order valence-corrected chi connectivity index (χ0v) is 9.11. The average molecular weight is 268 g/mol. The predicted octanol–water partition coefficient (Wildman–Crippen LogP) is -0.241. The van der Waals surface area contributed by atoms with E-state index in [1.807, 2.05) is 30.6 Å². The first kappa shape index (κ1) is 14.6. The molecule has 1 aromatic rings. The van der Waals surface area contributed by atoms with Gasteiger partial charge in [0.15, 0.2) is 12.4 Å². The van der Waals surface area contributed by atoms with E-state index < -0.39 is 12.4 Å². The van der Waals surface area contributed by atoms with E-state index in [0.29, 0.717) is 0 Å². The van der Waals surface area contributed by atoms with Gasteiger partial charge in [-0.2, -0.15) is 0 Å². The molecule has 0 fully saturated rings. The number of hydrogen-bond acceptors (Lipinski definition) is 3. The fraction of sp³-hybridized carbons (Fsp3) is 0. The summed E-state index contributed by atoms with van der Waals surface area (Å²) >= 11 is -5.03. The Morgan fingerprint density at radius 1 is 1.17 bits per heavy atom. The fourth-order valence-corrected chi connectivity index (χ4v) is 0.342. The van der Waals surface area contributed by atoms with E-state index in [1.54, 1.807) is 0 Å². The Hall–Kier alpha value is 0.0649. The second-order valence-corrected chi connectivity index (χ2v) is 4.26. The van der Waals surface area contributed by atoms with Gasteiger partial charge in [-0.15, -0.1) is 0 Å². The Bertz CT molecular complexity index is 241. The van der Waals surface area contributed by atoms with Crippen molar-refractivity contribution in [2.45, 2.75) is 0 Å². The molecular weight excluding hydrogens is 262 g/mol. The summed E-state index contributed by atoms with van der Waals surface area (Å²) < 4.78 is 26.7. The third-order valence-electron chi connectivity index (χ3n) is 0.607. The molecule has 0 atom stereocenters. The fourth-order valence-electron chi connectivity index (χ4n) is 0.342. The number of aromatic nitrogens is 1. The normalized spacial score (nSPS) is 8.83. The zero-order chi connectivity index (χ0) is 8.74. The van der Waals surface area contributed by atoms with Crippen LogP contribution >= 0.6 is 10.0 Å². The molecule has 1 N–H and O–H groups in total. The number of hydrogen-bond donors (Lipinski definition) is 0. The summed E-state index contributed by atoms with van der Waals surface area (Å²) in [6.45, 7) is 0. The molecule has 0 spiro atoms. The smallest absolute Gasteiger partial charge is 0.166 e. The van der Waals surface area contributed by atoms with Crippen LogP contribution in [0.4, 0.5) is 0 Å². The van der Waals surface area contributed by atoms with Crippen molar-refractivity contribution in [3.05, 3.63) is 30.6 Å². The molecule has 0 unspecified atom stereocenters. The van der Waals surface area contributed by atoms with Gasteiger partial charge in [-0.25, -0.2) is 4.98 Å². The summed E-state index contributed by atoms with van der Waals surface area (Å²) in [6.07, 6.45) is 3.75. The van der Waals surface area contributed by atoms with Crippen molar-refractivity contribution in [1.82, 2.24) is 0 Å². The monoisotopic (exact) mass is 267 g/mol. The number of rotatable bonds is 0. The average Bonchev–Trinajstić information content (AvgIpc) is 1.88. The molecule has 0 saturated heterocycles. The van der Waals surface area contributed by atoms with Crippen LogP contribution in [0, 0.1) is 0 Å². The summed E-state index contributed by atoms with van der Waals surface area (Å²) in [4.78, 5) is 2.89. The maximum absolute atomic E-state index is 8.91. The van der Waals surface area contributed by atoms with Crippen molar-refractivity contribution in [2.24, 2.45) is 0 Å². The summed E-state index contributed by atoms with van der Waals surface area (Å²) in [5.74, 6) is 0. The number of halogens is 1. The first-order chi connectivity index (χ1) is 5.00. The van der Waals surface area contributed by atoms with Crippen LogP contribution in [0.5, 0.6) is 0 Å². The van der Waals surface area contributed by atoms with Crippen LogP contribution < -0.4 is 9.14 Å². The molecule has 7 heteroatoms. The first-order valence-corrected chi connectivity index (χ1v) is 5.88. The SMILES string of the molecule is [Cr].[O]=[Cr](=[O])([O-])[Cl].c1cc[nH+]cc1. The van der Waals surface area contributed by atoms with Crippen LogP contribution in [0.3, 0.4) is 0 Å². The molecular formula is C5H6ClCr2NO3. The van der Waals surface area contributed by atoms with Gasteiger partial charge in [0.1, 0.15) is 0 Å². The third-order valence-corrected chi connectivity index (χ3v) is 0.607. The van der Waals surface area contributed by atoms with Crippen LogP contribution in [-0.4, -0.2) is 0 Å². The molecule has 0 aliphatic heterocycles. The van der Waals surface area contributed by atoms with Crippen LogP contribution in [0.15, 0.2) is 30.6 Å². The minimum Gasteiger partial charge on any atom is -0.218 e. The number of nitrogens with one attached hydrogen (secondary N) is 1. The standard InChI is InChI=1S/C5H5N.ClH.2Cr.3O/c1-2-4-6-5-3-1;;;;;;/h1-5H;1H;;;;;/q;;;+1;;;-1. The van der Waals surface area contributed by atoms with E-state index in [2.05, 4.69) is 15.0 Å². The molecule has 1 heterocycles. The molecule has 0 amide bonds. The van der Waals surface area contributed by atoms with E-state index in [-0.39, 0.29) is 17.4 Å². The molecule has 0 saturated carbocycles. The first-order valence-electron chi connectivity index (χ1n) is 2.56. The largest absolute Gasteiger partial charge is 0.218 e. The van der Waals surface area contributed by atoms with Crippen molar-refractivity contribution in [3.8, 4) is 0 Å². The van der Waals surface area contributed by atoms with Gasteiger partial charge in [0.2, 0.25) is 0 Å². The van der Waals surface area contributed by atoms with Crippen LogP contribution in [-0.2, 0) is 37.3 Å². The van der Waals surface area contributed by atoms with Gasteiger partial charge in [0, 0.05) is 29.5 Å². The molecule has 12 heavy (non-hydrogen) atoms. The van der Waals surface area contributed by atoms with Gasteiger partial charge in [0.25, 0.3) is 0 Å². The summed E-state index contributed by atoms with van der Waals surface area (Å²) in [5.41, 5.74) is 0. The molecule has 0 radical (unpaired) electrons. The Balaban J connectivity index is 0. The molecule has 0 aromatic carbocycles. The molecule has 1 aromatic heterocycles. The van der Waals surface area contributed by atoms with Gasteiger partial charge in [0.05, 0.1) is 0 Å². The maximum Gasteiger partial charge on any atom is 0.166 e. The third kappa shape index (κ3) is 22.5. The zero-order valence-electron chi connectivity index (χ0n) is 5.81. The van der Waals surface area contributed by atoms with Gasteiger partial charge < -0.3 is 0 Å². The second kappa shape index (κ2) is 7.70. The molecule has 1 rings (SSSR count). The number of pyridine rings is 1. The summed E-state index contributed by atoms with van der Waals surface area (Å²) in [6, 6.07) is 5.86. The van der Waals surface area contributed by atoms with Gasteiger partial charge in [-0.1, -0.05) is 6.07 Å². The van der Waals surface area contributed by atoms with E-state index in [9.17, 15) is 0 Å². The van der Waals surface area contributed by atoms with E-state index in [1.165, 1.54) is 0 Å². The predicted molar refractivity (Wildman–Crippen MR) is 30.2 cm³/mol. The van der Waals surface area contributed by atoms with Crippen LogP contribution in [0.2, 0.25) is 0 Å². The van der Waals surface area contributed by atoms with Crippen molar-refractivity contribution >= 4 is 10.0 Å². The van der Waals surface area contributed by atoms with Gasteiger partial charge in [-0.05, 0) is 0 Å². The van der Waals surface area contributed by atoms with Gasteiger partial charge >= 0.3 is 34.2 Å². The molecule has 0 aliphatic carbocycles. The molecule has 0 bridgehead atoms. The van der Waals surface area contributed by atoms with Gasteiger partial charge in [-0.3, -0.25) is 0 Å². The Kier molecular flexibility index (Phi) is 9.36. The second-order valence-electron chi connectivity index (χ2n) is 1.47. The van der Waals surface area contributed by atoms with Crippen molar-refractivity contribution in [2.75, 3.05) is 0 Å². The van der Waals surface area contributed by atoms with Crippen molar-refractivity contribution in [3.63, 3.8) is 0 Å². The number of aromatic amines is 1. The minimum atomic E-state index is -5.03. The van der Waals surface area contributed by atoms with Crippen molar-refractivity contribution in [1.29, 1.82) is 0 Å². The topological polar surface area (TPSA) is 71.3 Å². The minimum absolute atomic E-state index is 0. The van der Waals surface area contributed by atoms with Crippen LogP contribution in [0.1, 0.15) is 0 Å². The molecule has 0 aliphatic rings. The Morgan fingerprint density at radius 2 is 1.50 bits per heavy atom. The van der Waals surface area contributed by atoms with E-state index in [4.69, 9.17) is 11.8 Å². The summed E-state index contributed by atoms with van der Waals surface area (Å²) in [5, 5.41) is 0. The number of H-pyrrole nitrogens is 1. The Morgan fingerprint density at radius 3 is 1.58 bits per heavy atom. The summed E-state index contributed by atoms with van der Waals surface area (Å²) in [7, 11) is 4.02. The van der Waals surface area contributed by atoms with E-state index >= 15 is 0 Å². The molecule has 68 valence electrons. The van der Waals surface area contributed by atoms with E-state index in [0.717, 1.165) is 0 Å². The maximum atomic E-state index is 8.91. The molecule has 4 nitrogen and oxygen atoms in total. The van der Waals surface area contributed by atoms with Crippen LogP contribution in [0.25, 0.3) is 0 Å². The van der Waals surface area contributed by atoms with Crippen molar-refractivity contribution < 1.29 is 46.5 Å². The Labute approximate surface area is 87.0 Å².